The Bertz CT molecular complexity index is 1380. The molecule has 0 spiro atoms. The maximum absolute atomic E-state index is 12.4. The molecule has 0 saturated heterocycles. The fourth-order valence-electron chi connectivity index (χ4n) is 3.50. The summed E-state index contributed by atoms with van der Waals surface area (Å²) in [6, 6.07) is 17.8. The number of thiazole rings is 1. The number of methoxy groups -OCH3 is 2. The van der Waals surface area contributed by atoms with E-state index in [0.29, 0.717) is 22.9 Å². The third kappa shape index (κ3) is 5.49. The summed E-state index contributed by atoms with van der Waals surface area (Å²) in [5.41, 5.74) is 2.75. The SMILES string of the molecule is COc1cccc(NC(=O)NCCn2nc(-c3sc(-c4ccccc4)nc3C)ccc2=O)c1OC. The number of aryl methyl sites for hydroxylation is 1. The number of aromatic nitrogens is 3. The van der Waals surface area contributed by atoms with Crippen LogP contribution in [0.5, 0.6) is 11.5 Å². The van der Waals surface area contributed by atoms with E-state index < -0.39 is 6.03 Å². The highest BCUT2D eigenvalue weighted by Crippen LogP contribution is 2.35. The predicted molar refractivity (Wildman–Crippen MR) is 136 cm³/mol. The lowest BCUT2D eigenvalue weighted by atomic mass is 10.2. The van der Waals surface area contributed by atoms with Gasteiger partial charge in [0.1, 0.15) is 10.7 Å². The smallest absolute Gasteiger partial charge is 0.319 e. The summed E-state index contributed by atoms with van der Waals surface area (Å²) in [5.74, 6) is 0.928. The van der Waals surface area contributed by atoms with Crippen molar-refractivity contribution in [2.24, 2.45) is 0 Å². The maximum Gasteiger partial charge on any atom is 0.319 e. The Morgan fingerprint density at radius 1 is 1.03 bits per heavy atom. The van der Waals surface area contributed by atoms with Gasteiger partial charge in [0.25, 0.3) is 5.56 Å². The molecule has 2 heterocycles. The third-order valence-corrected chi connectivity index (χ3v) is 6.41. The van der Waals surface area contributed by atoms with Gasteiger partial charge in [-0.2, -0.15) is 5.10 Å². The van der Waals surface area contributed by atoms with Crippen molar-refractivity contribution in [1.82, 2.24) is 20.1 Å². The molecule has 0 bridgehead atoms. The number of hydrogen-bond donors (Lipinski definition) is 2. The average Bonchev–Trinajstić information content (AvgIpc) is 3.27. The molecule has 4 aromatic rings. The summed E-state index contributed by atoms with van der Waals surface area (Å²) in [7, 11) is 3.02. The van der Waals surface area contributed by atoms with Crippen molar-refractivity contribution in [3.63, 3.8) is 0 Å². The van der Waals surface area contributed by atoms with Crippen molar-refractivity contribution in [1.29, 1.82) is 0 Å². The Morgan fingerprint density at radius 2 is 1.83 bits per heavy atom. The lowest BCUT2D eigenvalue weighted by molar-refractivity contribution is 0.251. The van der Waals surface area contributed by atoms with Crippen molar-refractivity contribution >= 4 is 23.1 Å². The van der Waals surface area contributed by atoms with E-state index in [9.17, 15) is 9.59 Å². The van der Waals surface area contributed by atoms with Crippen LogP contribution in [0.25, 0.3) is 21.1 Å². The summed E-state index contributed by atoms with van der Waals surface area (Å²) in [6.45, 7) is 2.33. The van der Waals surface area contributed by atoms with Gasteiger partial charge in [-0.15, -0.1) is 11.3 Å². The van der Waals surface area contributed by atoms with Crippen molar-refractivity contribution in [3.05, 3.63) is 76.7 Å². The van der Waals surface area contributed by atoms with E-state index in [1.165, 1.54) is 36.3 Å². The van der Waals surface area contributed by atoms with Crippen molar-refractivity contribution in [2.75, 3.05) is 26.1 Å². The zero-order chi connectivity index (χ0) is 24.8. The summed E-state index contributed by atoms with van der Waals surface area (Å²) in [4.78, 5) is 30.3. The van der Waals surface area contributed by atoms with Gasteiger partial charge in [-0.3, -0.25) is 4.79 Å². The molecule has 2 aromatic carbocycles. The summed E-state index contributed by atoms with van der Waals surface area (Å²) < 4.78 is 11.9. The zero-order valence-electron chi connectivity index (χ0n) is 19.6. The van der Waals surface area contributed by atoms with Gasteiger partial charge in [-0.25, -0.2) is 14.5 Å². The first kappa shape index (κ1) is 24.0. The Labute approximate surface area is 206 Å². The molecule has 0 atom stereocenters. The fourth-order valence-corrected chi connectivity index (χ4v) is 4.53. The van der Waals surface area contributed by atoms with Crippen LogP contribution in [-0.2, 0) is 6.54 Å². The zero-order valence-corrected chi connectivity index (χ0v) is 20.4. The van der Waals surface area contributed by atoms with Crippen LogP contribution in [0.15, 0.2) is 65.5 Å². The first-order valence-electron chi connectivity index (χ1n) is 10.9. The van der Waals surface area contributed by atoms with Gasteiger partial charge in [0.05, 0.1) is 37.0 Å². The number of benzene rings is 2. The average molecular weight is 492 g/mol. The number of hydrogen-bond acceptors (Lipinski definition) is 7. The minimum atomic E-state index is -0.438. The molecular formula is C25H25N5O4S. The topological polar surface area (TPSA) is 107 Å². The molecule has 2 amide bonds. The molecule has 4 rings (SSSR count). The molecule has 9 nitrogen and oxygen atoms in total. The summed E-state index contributed by atoms with van der Waals surface area (Å²) >= 11 is 1.53. The van der Waals surface area contributed by atoms with Crippen molar-refractivity contribution in [3.8, 4) is 32.6 Å². The lowest BCUT2D eigenvalue weighted by Crippen LogP contribution is -2.34. The molecule has 10 heteroatoms. The number of para-hydroxylation sites is 1. The minimum absolute atomic E-state index is 0.200. The molecule has 0 unspecified atom stereocenters. The first-order valence-corrected chi connectivity index (χ1v) is 11.7. The molecule has 0 fully saturated rings. The second-order valence-corrected chi connectivity index (χ2v) is 8.50. The summed E-state index contributed by atoms with van der Waals surface area (Å²) in [6.07, 6.45) is 0. The van der Waals surface area contributed by atoms with Gasteiger partial charge in [0, 0.05) is 18.2 Å². The number of nitrogens with one attached hydrogen (secondary N) is 2. The van der Waals surface area contributed by atoms with E-state index in [-0.39, 0.29) is 18.6 Å². The van der Waals surface area contributed by atoms with E-state index in [1.807, 2.05) is 37.3 Å². The van der Waals surface area contributed by atoms with E-state index >= 15 is 0 Å². The molecule has 35 heavy (non-hydrogen) atoms. The van der Waals surface area contributed by atoms with Gasteiger partial charge >= 0.3 is 6.03 Å². The number of carbonyl (C=O) groups is 1. The fraction of sp³-hybridized carbons (Fsp3) is 0.200. The molecule has 2 N–H and O–H groups in total. The molecule has 0 radical (unpaired) electrons. The van der Waals surface area contributed by atoms with Gasteiger partial charge in [0.15, 0.2) is 11.5 Å². The lowest BCUT2D eigenvalue weighted by Gasteiger charge is -2.14. The molecule has 0 aliphatic carbocycles. The van der Waals surface area contributed by atoms with Crippen LogP contribution >= 0.6 is 11.3 Å². The van der Waals surface area contributed by atoms with E-state index in [4.69, 9.17) is 9.47 Å². The van der Waals surface area contributed by atoms with Crippen LogP contribution in [0.3, 0.4) is 0 Å². The number of anilines is 1. The van der Waals surface area contributed by atoms with Crippen molar-refractivity contribution < 1.29 is 14.3 Å². The monoisotopic (exact) mass is 491 g/mol. The molecule has 180 valence electrons. The van der Waals surface area contributed by atoms with Crippen LogP contribution in [-0.4, -0.2) is 41.6 Å². The first-order chi connectivity index (χ1) is 17.0. The Kier molecular flexibility index (Phi) is 7.41. The van der Waals surface area contributed by atoms with E-state index in [1.54, 1.807) is 24.3 Å². The van der Waals surface area contributed by atoms with E-state index in [0.717, 1.165) is 21.1 Å². The molecule has 0 aliphatic heterocycles. The quantitative estimate of drug-likeness (QED) is 0.383. The number of carbonyl (C=O) groups excluding carboxylic acids is 1. The highest BCUT2D eigenvalue weighted by atomic mass is 32.1. The standard InChI is InChI=1S/C25H25N5O4S/c1-16-23(35-24(27-16)17-8-5-4-6-9-17)19-12-13-21(31)30(29-19)15-14-26-25(32)28-18-10-7-11-20(33-2)22(18)34-3/h4-13H,14-15H2,1-3H3,(H2,26,28,32). The second kappa shape index (κ2) is 10.8. The molecular weight excluding hydrogens is 466 g/mol. The van der Waals surface area contributed by atoms with Gasteiger partial charge in [-0.1, -0.05) is 36.4 Å². The van der Waals surface area contributed by atoms with Crippen LogP contribution in [0.1, 0.15) is 5.69 Å². The van der Waals surface area contributed by atoms with Gasteiger partial charge < -0.3 is 20.1 Å². The van der Waals surface area contributed by atoms with Crippen LogP contribution in [0.2, 0.25) is 0 Å². The Balaban J connectivity index is 1.43. The van der Waals surface area contributed by atoms with Crippen LogP contribution < -0.4 is 25.7 Å². The Hall–Kier alpha value is -4.18. The highest BCUT2D eigenvalue weighted by Gasteiger charge is 2.14. The molecule has 0 aliphatic rings. The van der Waals surface area contributed by atoms with E-state index in [2.05, 4.69) is 20.7 Å². The number of urea groups is 1. The molecule has 2 aromatic heterocycles. The number of nitrogens with zero attached hydrogens (tertiary/aromatic N) is 3. The minimum Gasteiger partial charge on any atom is -0.493 e. The normalized spacial score (nSPS) is 10.6. The third-order valence-electron chi connectivity index (χ3n) is 5.18. The number of ether oxygens (including phenoxy) is 2. The largest absolute Gasteiger partial charge is 0.493 e. The second-order valence-electron chi connectivity index (χ2n) is 7.50. The number of rotatable bonds is 8. The van der Waals surface area contributed by atoms with Crippen molar-refractivity contribution in [2.45, 2.75) is 13.5 Å². The summed E-state index contributed by atoms with van der Waals surface area (Å²) in [5, 5.41) is 10.9. The molecule has 0 saturated carbocycles. The van der Waals surface area contributed by atoms with Gasteiger partial charge in [0.2, 0.25) is 0 Å². The predicted octanol–water partition coefficient (Wildman–Crippen LogP) is 4.18. The number of amides is 2. The maximum atomic E-state index is 12.4. The Morgan fingerprint density at radius 3 is 2.57 bits per heavy atom. The van der Waals surface area contributed by atoms with Gasteiger partial charge in [-0.05, 0) is 25.1 Å². The highest BCUT2D eigenvalue weighted by molar-refractivity contribution is 7.18. The van der Waals surface area contributed by atoms with Crippen LogP contribution in [0, 0.1) is 6.92 Å². The van der Waals surface area contributed by atoms with Crippen LogP contribution in [0.4, 0.5) is 10.5 Å².